The Morgan fingerprint density at radius 2 is 1.74 bits per heavy atom. The third-order valence-electron chi connectivity index (χ3n) is 3.96. The Hall–Kier alpha value is -1.35. The van der Waals surface area contributed by atoms with Gasteiger partial charge in [-0.15, -0.1) is 0 Å². The molecule has 1 aliphatic rings. The summed E-state index contributed by atoms with van der Waals surface area (Å²) in [6.07, 6.45) is 5.60. The van der Waals surface area contributed by atoms with Gasteiger partial charge in [0, 0.05) is 12.7 Å². The lowest BCUT2D eigenvalue weighted by Gasteiger charge is -2.28. The average molecular weight is 262 g/mol. The molecule has 1 fully saturated rings. The minimum absolute atomic E-state index is 0.0945. The Balaban J connectivity index is 2.10. The van der Waals surface area contributed by atoms with Crippen LogP contribution in [0, 0.1) is 5.92 Å². The summed E-state index contributed by atoms with van der Waals surface area (Å²) in [5.74, 6) is 1.23. The maximum Gasteiger partial charge on any atom is 0.191 e. The molecule has 104 valence electrons. The Labute approximate surface area is 114 Å². The van der Waals surface area contributed by atoms with Gasteiger partial charge in [-0.3, -0.25) is 4.79 Å². The summed E-state index contributed by atoms with van der Waals surface area (Å²) in [5, 5.41) is 0. The van der Waals surface area contributed by atoms with Gasteiger partial charge in [0.15, 0.2) is 5.78 Å². The van der Waals surface area contributed by atoms with Gasteiger partial charge < -0.3 is 9.47 Å². The van der Waals surface area contributed by atoms with Crippen molar-refractivity contribution in [3.63, 3.8) is 0 Å². The molecular formula is C16H22O3. The number of hydrogen-bond donors (Lipinski definition) is 0. The van der Waals surface area contributed by atoms with Gasteiger partial charge in [-0.2, -0.15) is 0 Å². The van der Waals surface area contributed by atoms with Crippen molar-refractivity contribution in [2.24, 2.45) is 5.92 Å². The van der Waals surface area contributed by atoms with E-state index in [-0.39, 0.29) is 11.9 Å². The molecule has 0 aromatic heterocycles. The van der Waals surface area contributed by atoms with Crippen molar-refractivity contribution < 1.29 is 14.3 Å². The monoisotopic (exact) mass is 262 g/mol. The second-order valence-corrected chi connectivity index (χ2v) is 5.15. The van der Waals surface area contributed by atoms with Crippen molar-refractivity contribution in [2.45, 2.75) is 38.2 Å². The molecule has 19 heavy (non-hydrogen) atoms. The SMILES string of the molecule is COc1ccc(C(=O)C(OC)C2CCCCC2)cc1. The number of rotatable bonds is 5. The molecule has 1 atom stereocenters. The van der Waals surface area contributed by atoms with Crippen LogP contribution < -0.4 is 4.74 Å². The summed E-state index contributed by atoms with van der Waals surface area (Å²) in [6.45, 7) is 0. The molecule has 1 saturated carbocycles. The van der Waals surface area contributed by atoms with E-state index in [1.807, 2.05) is 24.3 Å². The molecular weight excluding hydrogens is 240 g/mol. The zero-order valence-electron chi connectivity index (χ0n) is 11.7. The highest BCUT2D eigenvalue weighted by Gasteiger charge is 2.29. The van der Waals surface area contributed by atoms with Gasteiger partial charge in [0.2, 0.25) is 0 Å². The average Bonchev–Trinajstić information content (AvgIpc) is 2.49. The maximum absolute atomic E-state index is 12.5. The summed E-state index contributed by atoms with van der Waals surface area (Å²) in [4.78, 5) is 12.5. The second-order valence-electron chi connectivity index (χ2n) is 5.15. The lowest BCUT2D eigenvalue weighted by Crippen LogP contribution is -2.33. The van der Waals surface area contributed by atoms with Crippen LogP contribution in [0.2, 0.25) is 0 Å². The van der Waals surface area contributed by atoms with Gasteiger partial charge in [-0.1, -0.05) is 19.3 Å². The quantitative estimate of drug-likeness (QED) is 0.762. The van der Waals surface area contributed by atoms with Gasteiger partial charge in [-0.25, -0.2) is 0 Å². The standard InChI is InChI=1S/C16H22O3/c1-18-14-10-8-12(9-11-14)15(17)16(19-2)13-6-4-3-5-7-13/h8-11,13,16H,3-7H2,1-2H3. The lowest BCUT2D eigenvalue weighted by molar-refractivity contribution is 0.0314. The molecule has 0 heterocycles. The van der Waals surface area contributed by atoms with Crippen LogP contribution in [0.3, 0.4) is 0 Å². The maximum atomic E-state index is 12.5. The Bertz CT molecular complexity index is 405. The molecule has 1 unspecified atom stereocenters. The van der Waals surface area contributed by atoms with E-state index in [0.29, 0.717) is 11.5 Å². The van der Waals surface area contributed by atoms with Gasteiger partial charge in [0.25, 0.3) is 0 Å². The zero-order chi connectivity index (χ0) is 13.7. The second kappa shape index (κ2) is 6.71. The largest absolute Gasteiger partial charge is 0.497 e. The summed E-state index contributed by atoms with van der Waals surface area (Å²) in [7, 11) is 3.26. The van der Waals surface area contributed by atoms with E-state index in [4.69, 9.17) is 9.47 Å². The van der Waals surface area contributed by atoms with E-state index < -0.39 is 0 Å². The molecule has 0 N–H and O–H groups in total. The summed E-state index contributed by atoms with van der Waals surface area (Å²) >= 11 is 0. The first kappa shape index (κ1) is 14.1. The van der Waals surface area contributed by atoms with Crippen molar-refractivity contribution in [1.82, 2.24) is 0 Å². The molecule has 0 saturated heterocycles. The van der Waals surface area contributed by atoms with Gasteiger partial charge >= 0.3 is 0 Å². The molecule has 2 rings (SSSR count). The van der Waals surface area contributed by atoms with Crippen LogP contribution >= 0.6 is 0 Å². The first-order valence-electron chi connectivity index (χ1n) is 6.97. The van der Waals surface area contributed by atoms with Crippen molar-refractivity contribution >= 4 is 5.78 Å². The first-order chi connectivity index (χ1) is 9.26. The van der Waals surface area contributed by atoms with E-state index in [0.717, 1.165) is 18.6 Å². The molecule has 0 radical (unpaired) electrons. The third kappa shape index (κ3) is 3.35. The highest BCUT2D eigenvalue weighted by Crippen LogP contribution is 2.29. The highest BCUT2D eigenvalue weighted by atomic mass is 16.5. The normalized spacial score (nSPS) is 18.0. The fourth-order valence-electron chi connectivity index (χ4n) is 2.87. The fourth-order valence-corrected chi connectivity index (χ4v) is 2.87. The first-order valence-corrected chi connectivity index (χ1v) is 6.97. The van der Waals surface area contributed by atoms with Crippen LogP contribution in [0.4, 0.5) is 0 Å². The number of methoxy groups -OCH3 is 2. The van der Waals surface area contributed by atoms with Gasteiger partial charge in [0.1, 0.15) is 11.9 Å². The highest BCUT2D eigenvalue weighted by molar-refractivity contribution is 5.99. The zero-order valence-corrected chi connectivity index (χ0v) is 11.7. The van der Waals surface area contributed by atoms with Gasteiger partial charge in [0.05, 0.1) is 7.11 Å². The molecule has 0 aliphatic heterocycles. The molecule has 3 heteroatoms. The van der Waals surface area contributed by atoms with E-state index in [9.17, 15) is 4.79 Å². The number of hydrogen-bond acceptors (Lipinski definition) is 3. The van der Waals surface area contributed by atoms with E-state index in [1.54, 1.807) is 14.2 Å². The topological polar surface area (TPSA) is 35.5 Å². The van der Waals surface area contributed by atoms with Gasteiger partial charge in [-0.05, 0) is 43.0 Å². The smallest absolute Gasteiger partial charge is 0.191 e. The number of Topliss-reactive ketones (excluding diaryl/α,β-unsaturated/α-hetero) is 1. The summed E-state index contributed by atoms with van der Waals surface area (Å²) in [6, 6.07) is 7.27. The molecule has 3 nitrogen and oxygen atoms in total. The molecule has 1 aromatic rings. The van der Waals surface area contributed by atoms with E-state index in [2.05, 4.69) is 0 Å². The van der Waals surface area contributed by atoms with E-state index >= 15 is 0 Å². The van der Waals surface area contributed by atoms with Crippen LogP contribution in [0.15, 0.2) is 24.3 Å². The predicted octanol–water partition coefficient (Wildman–Crippen LogP) is 3.47. The number of ether oxygens (including phenoxy) is 2. The van der Waals surface area contributed by atoms with Crippen molar-refractivity contribution in [3.05, 3.63) is 29.8 Å². The number of ketones is 1. The number of carbonyl (C=O) groups excluding carboxylic acids is 1. The van der Waals surface area contributed by atoms with Crippen molar-refractivity contribution in [3.8, 4) is 5.75 Å². The van der Waals surface area contributed by atoms with Crippen LogP contribution in [-0.4, -0.2) is 26.1 Å². The Kier molecular flexibility index (Phi) is 4.97. The van der Waals surface area contributed by atoms with Crippen LogP contribution in [0.5, 0.6) is 5.75 Å². The molecule has 0 bridgehead atoms. The minimum atomic E-state index is -0.298. The van der Waals surface area contributed by atoms with Crippen molar-refractivity contribution in [2.75, 3.05) is 14.2 Å². The van der Waals surface area contributed by atoms with Crippen LogP contribution in [-0.2, 0) is 4.74 Å². The molecule has 0 spiro atoms. The molecule has 1 aromatic carbocycles. The molecule has 0 amide bonds. The predicted molar refractivity (Wildman–Crippen MR) is 74.7 cm³/mol. The summed E-state index contributed by atoms with van der Waals surface area (Å²) < 4.78 is 10.6. The molecule has 1 aliphatic carbocycles. The van der Waals surface area contributed by atoms with Crippen LogP contribution in [0.1, 0.15) is 42.5 Å². The number of carbonyl (C=O) groups is 1. The lowest BCUT2D eigenvalue weighted by atomic mass is 9.82. The number of benzene rings is 1. The Morgan fingerprint density at radius 1 is 1.11 bits per heavy atom. The minimum Gasteiger partial charge on any atom is -0.497 e. The Morgan fingerprint density at radius 3 is 2.26 bits per heavy atom. The third-order valence-corrected chi connectivity index (χ3v) is 3.96. The summed E-state index contributed by atoms with van der Waals surface area (Å²) in [5.41, 5.74) is 0.707. The van der Waals surface area contributed by atoms with E-state index in [1.165, 1.54) is 19.3 Å². The van der Waals surface area contributed by atoms with Crippen LogP contribution in [0.25, 0.3) is 0 Å². The fraction of sp³-hybridized carbons (Fsp3) is 0.562. The van der Waals surface area contributed by atoms with Crippen molar-refractivity contribution in [1.29, 1.82) is 0 Å².